The van der Waals surface area contributed by atoms with E-state index in [0.29, 0.717) is 21.9 Å². The van der Waals surface area contributed by atoms with Gasteiger partial charge in [-0.2, -0.15) is 0 Å². The van der Waals surface area contributed by atoms with Crippen molar-refractivity contribution in [2.75, 3.05) is 0 Å². The summed E-state index contributed by atoms with van der Waals surface area (Å²) in [6, 6.07) is 26.7. The number of rotatable bonds is 2. The Morgan fingerprint density at radius 3 is 1.84 bits per heavy atom. The number of allylic oxidation sites excluding steroid dienone is 3. The lowest BCUT2D eigenvalue weighted by molar-refractivity contribution is 0.425. The van der Waals surface area contributed by atoms with Crippen LogP contribution in [0.4, 0.5) is 0 Å². The molecule has 7 rings (SSSR count). The van der Waals surface area contributed by atoms with E-state index in [4.69, 9.17) is 0 Å². The second-order valence-electron chi connectivity index (χ2n) is 9.61. The van der Waals surface area contributed by atoms with Gasteiger partial charge in [0.1, 0.15) is 23.0 Å². The van der Waals surface area contributed by atoms with Gasteiger partial charge in [-0.1, -0.05) is 60.7 Å². The molecule has 0 saturated heterocycles. The minimum atomic E-state index is -0.294. The lowest BCUT2D eigenvalue weighted by Gasteiger charge is -2.35. The number of aromatic hydroxyl groups is 2. The Morgan fingerprint density at radius 1 is 0.541 bits per heavy atom. The first-order chi connectivity index (χ1) is 18.0. The Bertz CT molecular complexity index is 1840. The third-order valence-electron chi connectivity index (χ3n) is 7.46. The van der Waals surface area contributed by atoms with E-state index in [1.54, 1.807) is 24.3 Å². The molecule has 0 bridgehead atoms. The second kappa shape index (κ2) is 7.77. The van der Waals surface area contributed by atoms with Crippen LogP contribution in [-0.2, 0) is 0 Å². The first-order valence-corrected chi connectivity index (χ1v) is 12.1. The fraction of sp³-hybridized carbons (Fsp3) is 0.0303. The third kappa shape index (κ3) is 3.16. The molecule has 1 unspecified atom stereocenters. The van der Waals surface area contributed by atoms with Gasteiger partial charge in [-0.25, -0.2) is 0 Å². The Kier molecular flexibility index (Phi) is 4.48. The van der Waals surface area contributed by atoms with Gasteiger partial charge in [0.25, 0.3) is 0 Å². The highest BCUT2D eigenvalue weighted by molar-refractivity contribution is 5.94. The lowest BCUT2D eigenvalue weighted by atomic mass is 9.69. The first kappa shape index (κ1) is 21.3. The van der Waals surface area contributed by atoms with Crippen molar-refractivity contribution in [3.05, 3.63) is 136 Å². The Labute approximate surface area is 213 Å². The third-order valence-corrected chi connectivity index (χ3v) is 7.46. The number of phenolic OH excluding ortho intramolecular Hbond substituents is 2. The Balaban J connectivity index is 1.63. The van der Waals surface area contributed by atoms with Crippen LogP contribution in [0.5, 0.6) is 11.5 Å². The van der Waals surface area contributed by atoms with Crippen molar-refractivity contribution in [1.29, 1.82) is 0 Å². The summed E-state index contributed by atoms with van der Waals surface area (Å²) in [5.41, 5.74) is 7.28. The first-order valence-electron chi connectivity index (χ1n) is 12.1. The zero-order valence-electron chi connectivity index (χ0n) is 19.7. The molecule has 0 fully saturated rings. The molecule has 4 aromatic carbocycles. The van der Waals surface area contributed by atoms with Gasteiger partial charge in [-0.05, 0) is 81.1 Å². The van der Waals surface area contributed by atoms with Gasteiger partial charge in [-0.3, -0.25) is 0 Å². The van der Waals surface area contributed by atoms with Crippen molar-refractivity contribution < 1.29 is 20.4 Å². The quantitative estimate of drug-likeness (QED) is 0.295. The fourth-order valence-electron chi connectivity index (χ4n) is 5.82. The molecule has 3 aliphatic carbocycles. The molecule has 4 nitrogen and oxygen atoms in total. The highest BCUT2D eigenvalue weighted by atomic mass is 16.3. The molecule has 0 radical (unpaired) electrons. The number of fused-ring (bicyclic) bond motifs is 3. The summed E-state index contributed by atoms with van der Waals surface area (Å²) in [7, 11) is 0. The minimum absolute atomic E-state index is 0.0368. The standard InChI is InChI=1S/C33H22O4/c34-22-12-21-11-20-13-29(35)23(18-7-3-1-4-8-18)15-25(20)32-26-16-24(19-9-5-2-6-10-19)30(36)17-27(26)33(37)28(14-22)31(21)32/h1-17,31,34-37H. The number of aliphatic hydroxyl groups is 2. The van der Waals surface area contributed by atoms with E-state index in [9.17, 15) is 20.4 Å². The molecule has 4 N–H and O–H groups in total. The largest absolute Gasteiger partial charge is 0.508 e. The van der Waals surface area contributed by atoms with Crippen LogP contribution in [0.15, 0.2) is 114 Å². The van der Waals surface area contributed by atoms with Crippen molar-refractivity contribution in [2.24, 2.45) is 5.92 Å². The maximum Gasteiger partial charge on any atom is 0.127 e. The maximum atomic E-state index is 11.4. The number of benzene rings is 4. The number of hydrogen-bond donors (Lipinski definition) is 4. The molecule has 3 aliphatic rings. The molecule has 1 atom stereocenters. The van der Waals surface area contributed by atoms with Crippen molar-refractivity contribution in [3.8, 4) is 33.8 Å². The molecule has 178 valence electrons. The van der Waals surface area contributed by atoms with Gasteiger partial charge in [0.2, 0.25) is 0 Å². The van der Waals surface area contributed by atoms with Gasteiger partial charge in [-0.15, -0.1) is 0 Å². The van der Waals surface area contributed by atoms with E-state index in [-0.39, 0.29) is 28.9 Å². The molecule has 4 heteroatoms. The smallest absolute Gasteiger partial charge is 0.127 e. The molecule has 0 saturated carbocycles. The fourth-order valence-corrected chi connectivity index (χ4v) is 5.82. The molecule has 0 amide bonds. The van der Waals surface area contributed by atoms with Gasteiger partial charge in [0, 0.05) is 27.8 Å². The molecule has 37 heavy (non-hydrogen) atoms. The van der Waals surface area contributed by atoms with Crippen molar-refractivity contribution in [2.45, 2.75) is 0 Å². The summed E-state index contributed by atoms with van der Waals surface area (Å²) in [5.74, 6) is 0.0217. The summed E-state index contributed by atoms with van der Waals surface area (Å²) in [4.78, 5) is 0. The van der Waals surface area contributed by atoms with E-state index >= 15 is 0 Å². The maximum absolute atomic E-state index is 11.4. The molecule has 0 aliphatic heterocycles. The molecule has 4 aromatic rings. The van der Waals surface area contributed by atoms with Crippen molar-refractivity contribution >= 4 is 17.4 Å². The predicted molar refractivity (Wildman–Crippen MR) is 145 cm³/mol. The zero-order chi connectivity index (χ0) is 25.3. The van der Waals surface area contributed by atoms with Crippen LogP contribution < -0.4 is 10.4 Å². The average molecular weight is 483 g/mol. The van der Waals surface area contributed by atoms with Gasteiger partial charge in [0.05, 0.1) is 0 Å². The summed E-state index contributed by atoms with van der Waals surface area (Å²) in [6.07, 6.45) is 5.25. The molecule has 0 aromatic heterocycles. The average Bonchev–Trinajstić information content (AvgIpc) is 2.91. The van der Waals surface area contributed by atoms with Crippen molar-refractivity contribution in [1.82, 2.24) is 0 Å². The topological polar surface area (TPSA) is 80.9 Å². The van der Waals surface area contributed by atoms with Crippen LogP contribution in [0.1, 0.15) is 11.1 Å². The molecule has 0 spiro atoms. The Hall–Kier alpha value is -4.96. The van der Waals surface area contributed by atoms with Crippen LogP contribution in [0.2, 0.25) is 0 Å². The number of hydrogen-bond acceptors (Lipinski definition) is 4. The number of phenols is 2. The van der Waals surface area contributed by atoms with E-state index in [1.807, 2.05) is 78.9 Å². The minimum Gasteiger partial charge on any atom is -0.508 e. The van der Waals surface area contributed by atoms with Crippen LogP contribution in [-0.4, -0.2) is 20.4 Å². The zero-order valence-corrected chi connectivity index (χ0v) is 19.7. The van der Waals surface area contributed by atoms with E-state index in [1.165, 1.54) is 0 Å². The Morgan fingerprint density at radius 2 is 1.16 bits per heavy atom. The molecular weight excluding hydrogens is 460 g/mol. The van der Waals surface area contributed by atoms with Crippen LogP contribution >= 0.6 is 0 Å². The van der Waals surface area contributed by atoms with Crippen LogP contribution in [0.3, 0.4) is 0 Å². The van der Waals surface area contributed by atoms with Crippen molar-refractivity contribution in [3.63, 3.8) is 0 Å². The summed E-state index contributed by atoms with van der Waals surface area (Å²) >= 11 is 0. The van der Waals surface area contributed by atoms with Crippen LogP contribution in [0, 0.1) is 5.92 Å². The van der Waals surface area contributed by atoms with Gasteiger partial charge >= 0.3 is 0 Å². The second-order valence-corrected chi connectivity index (χ2v) is 9.61. The van der Waals surface area contributed by atoms with Crippen LogP contribution in [0.25, 0.3) is 39.7 Å². The summed E-state index contributed by atoms with van der Waals surface area (Å²) in [6.45, 7) is 0. The SMILES string of the molecule is OC1=CC2=Cc3cc(O)c(-c4ccccc4)cc3C3=c4cc(-c5ccccc5)c(O)cc4=C(O)C(=C1)C23. The monoisotopic (exact) mass is 482 g/mol. The molecular formula is C33H22O4. The van der Waals surface area contributed by atoms with E-state index < -0.39 is 0 Å². The predicted octanol–water partition coefficient (Wildman–Crippen LogP) is 5.71. The van der Waals surface area contributed by atoms with E-state index in [2.05, 4.69) is 0 Å². The highest BCUT2D eigenvalue weighted by Crippen LogP contribution is 2.48. The summed E-state index contributed by atoms with van der Waals surface area (Å²) < 4.78 is 0. The van der Waals surface area contributed by atoms with Gasteiger partial charge < -0.3 is 20.4 Å². The highest BCUT2D eigenvalue weighted by Gasteiger charge is 2.37. The summed E-state index contributed by atoms with van der Waals surface area (Å²) in [5, 5.41) is 45.1. The molecule has 0 heterocycles. The van der Waals surface area contributed by atoms with Gasteiger partial charge in [0.15, 0.2) is 0 Å². The van der Waals surface area contributed by atoms with E-state index in [0.717, 1.165) is 38.6 Å². The number of aliphatic hydroxyl groups excluding tert-OH is 2. The lowest BCUT2D eigenvalue weighted by Crippen LogP contribution is -2.39. The normalized spacial score (nSPS) is 17.2.